The van der Waals surface area contributed by atoms with E-state index in [1.165, 1.54) is 11.8 Å². The topological polar surface area (TPSA) is 49.3 Å². The second-order valence-corrected chi connectivity index (χ2v) is 4.80. The lowest BCUT2D eigenvalue weighted by molar-refractivity contribution is -0.113. The quantitative estimate of drug-likeness (QED) is 0.798. The van der Waals surface area contributed by atoms with Crippen molar-refractivity contribution in [3.8, 4) is 0 Å². The Labute approximate surface area is 104 Å². The van der Waals surface area contributed by atoms with Crippen molar-refractivity contribution in [2.75, 3.05) is 23.4 Å². The van der Waals surface area contributed by atoms with Gasteiger partial charge in [-0.3, -0.25) is 4.79 Å². The summed E-state index contributed by atoms with van der Waals surface area (Å²) in [5.74, 6) is 0.826. The fourth-order valence-electron chi connectivity index (χ4n) is 1.10. The average molecular weight is 260 g/mol. The van der Waals surface area contributed by atoms with Gasteiger partial charge < -0.3 is 10.4 Å². The van der Waals surface area contributed by atoms with E-state index >= 15 is 0 Å². The molecule has 5 heteroatoms. The molecule has 0 aliphatic rings. The van der Waals surface area contributed by atoms with Crippen LogP contribution in [-0.4, -0.2) is 29.1 Å². The molecule has 0 aliphatic heterocycles. The van der Waals surface area contributed by atoms with Crippen LogP contribution in [0.25, 0.3) is 0 Å². The molecule has 0 aliphatic carbocycles. The third kappa shape index (κ3) is 4.43. The molecule has 1 rings (SSSR count). The van der Waals surface area contributed by atoms with Gasteiger partial charge in [-0.25, -0.2) is 0 Å². The van der Waals surface area contributed by atoms with E-state index < -0.39 is 0 Å². The molecule has 0 saturated carbocycles. The maximum Gasteiger partial charge on any atom is 0.234 e. The van der Waals surface area contributed by atoms with Gasteiger partial charge in [0.25, 0.3) is 0 Å². The number of carbonyl (C=O) groups is 1. The maximum absolute atomic E-state index is 11.4. The predicted octanol–water partition coefficient (Wildman–Crippen LogP) is 2.31. The number of amides is 1. The number of hydrogen-bond acceptors (Lipinski definition) is 3. The van der Waals surface area contributed by atoms with Gasteiger partial charge in [0.15, 0.2) is 0 Å². The van der Waals surface area contributed by atoms with Crippen molar-refractivity contribution in [1.29, 1.82) is 0 Å². The molecule has 0 bridgehead atoms. The summed E-state index contributed by atoms with van der Waals surface area (Å²) < 4.78 is 0. The largest absolute Gasteiger partial charge is 0.396 e. The Bertz CT molecular complexity index is 371. The molecule has 2 N–H and O–H groups in total. The number of carbonyl (C=O) groups excluding carboxylic acids is 1. The van der Waals surface area contributed by atoms with Crippen molar-refractivity contribution in [1.82, 2.24) is 0 Å². The number of rotatable bonds is 5. The summed E-state index contributed by atoms with van der Waals surface area (Å²) in [6.45, 7) is 2.00. The van der Waals surface area contributed by atoms with Crippen molar-refractivity contribution in [3.05, 3.63) is 28.8 Å². The first-order valence-electron chi connectivity index (χ1n) is 4.88. The predicted molar refractivity (Wildman–Crippen MR) is 69.2 cm³/mol. The highest BCUT2D eigenvalue weighted by molar-refractivity contribution is 7.99. The van der Waals surface area contributed by atoms with E-state index in [2.05, 4.69) is 5.32 Å². The number of aliphatic hydroxyl groups is 1. The minimum absolute atomic E-state index is 0.0848. The highest BCUT2D eigenvalue weighted by Crippen LogP contribution is 2.20. The summed E-state index contributed by atoms with van der Waals surface area (Å²) in [6.07, 6.45) is 0. The molecule has 88 valence electrons. The third-order valence-electron chi connectivity index (χ3n) is 1.92. The fourth-order valence-corrected chi connectivity index (χ4v) is 1.81. The van der Waals surface area contributed by atoms with Crippen molar-refractivity contribution < 1.29 is 9.90 Å². The van der Waals surface area contributed by atoms with Crippen LogP contribution in [0.1, 0.15) is 5.56 Å². The molecule has 0 atom stereocenters. The van der Waals surface area contributed by atoms with E-state index in [1.54, 1.807) is 6.07 Å². The van der Waals surface area contributed by atoms with Crippen LogP contribution in [-0.2, 0) is 4.79 Å². The Balaban J connectivity index is 2.46. The summed E-state index contributed by atoms with van der Waals surface area (Å²) in [7, 11) is 0. The normalized spacial score (nSPS) is 10.2. The molecular weight excluding hydrogens is 246 g/mol. The van der Waals surface area contributed by atoms with E-state index in [1.807, 2.05) is 19.1 Å². The van der Waals surface area contributed by atoms with Crippen LogP contribution >= 0.6 is 23.4 Å². The van der Waals surface area contributed by atoms with Crippen molar-refractivity contribution in [2.45, 2.75) is 6.92 Å². The number of hydrogen-bond donors (Lipinski definition) is 2. The number of aliphatic hydroxyl groups excluding tert-OH is 1. The monoisotopic (exact) mass is 259 g/mol. The number of benzene rings is 1. The first kappa shape index (κ1) is 13.4. The van der Waals surface area contributed by atoms with Gasteiger partial charge in [-0.2, -0.15) is 0 Å². The lowest BCUT2D eigenvalue weighted by Crippen LogP contribution is -2.14. The van der Waals surface area contributed by atoms with Gasteiger partial charge in [-0.05, 0) is 24.6 Å². The summed E-state index contributed by atoms with van der Waals surface area (Å²) in [4.78, 5) is 11.4. The maximum atomic E-state index is 11.4. The highest BCUT2D eigenvalue weighted by Gasteiger charge is 2.03. The van der Waals surface area contributed by atoms with Gasteiger partial charge in [-0.15, -0.1) is 11.8 Å². The Morgan fingerprint density at radius 1 is 1.56 bits per heavy atom. The van der Waals surface area contributed by atoms with Gasteiger partial charge in [-0.1, -0.05) is 17.7 Å². The summed E-state index contributed by atoms with van der Waals surface area (Å²) >= 11 is 7.33. The molecule has 16 heavy (non-hydrogen) atoms. The zero-order valence-electron chi connectivity index (χ0n) is 9.00. The molecular formula is C11H14ClNO2S. The van der Waals surface area contributed by atoms with Gasteiger partial charge in [0, 0.05) is 16.5 Å². The van der Waals surface area contributed by atoms with Crippen LogP contribution < -0.4 is 5.32 Å². The van der Waals surface area contributed by atoms with Gasteiger partial charge >= 0.3 is 0 Å². The standard InChI is InChI=1S/C11H14ClNO2S/c1-8-2-3-9(6-10(8)12)13-11(15)7-16-5-4-14/h2-3,6,14H,4-5,7H2,1H3,(H,13,15). The summed E-state index contributed by atoms with van der Waals surface area (Å²) in [6, 6.07) is 5.40. The number of anilines is 1. The molecule has 3 nitrogen and oxygen atoms in total. The molecule has 1 aromatic rings. The molecule has 0 saturated heterocycles. The Hall–Kier alpha value is -0.710. The molecule has 0 radical (unpaired) electrons. The van der Waals surface area contributed by atoms with Crippen LogP contribution in [0.4, 0.5) is 5.69 Å². The molecule has 0 unspecified atom stereocenters. The van der Waals surface area contributed by atoms with Gasteiger partial charge in [0.05, 0.1) is 12.4 Å². The number of aryl methyl sites for hydroxylation is 1. The van der Waals surface area contributed by atoms with Crippen LogP contribution in [0.15, 0.2) is 18.2 Å². The molecule has 0 spiro atoms. The molecule has 0 heterocycles. The van der Waals surface area contributed by atoms with Gasteiger partial charge in [0.1, 0.15) is 0 Å². The van der Waals surface area contributed by atoms with Crippen molar-refractivity contribution in [3.63, 3.8) is 0 Å². The van der Waals surface area contributed by atoms with Crippen molar-refractivity contribution in [2.24, 2.45) is 0 Å². The zero-order valence-corrected chi connectivity index (χ0v) is 10.6. The van der Waals surface area contributed by atoms with Crippen LogP contribution in [0.2, 0.25) is 5.02 Å². The molecule has 0 fully saturated rings. The molecule has 1 amide bonds. The number of nitrogens with one attached hydrogen (secondary N) is 1. The van der Waals surface area contributed by atoms with E-state index in [0.717, 1.165) is 5.56 Å². The minimum atomic E-state index is -0.0848. The van der Waals surface area contributed by atoms with Crippen LogP contribution in [0, 0.1) is 6.92 Å². The smallest absolute Gasteiger partial charge is 0.234 e. The van der Waals surface area contributed by atoms with Gasteiger partial charge in [0.2, 0.25) is 5.91 Å². The lowest BCUT2D eigenvalue weighted by Gasteiger charge is -2.06. The SMILES string of the molecule is Cc1ccc(NC(=O)CSCCO)cc1Cl. The van der Waals surface area contributed by atoms with E-state index in [9.17, 15) is 4.79 Å². The zero-order chi connectivity index (χ0) is 12.0. The highest BCUT2D eigenvalue weighted by atomic mass is 35.5. The van der Waals surface area contributed by atoms with Crippen LogP contribution in [0.3, 0.4) is 0 Å². The second-order valence-electron chi connectivity index (χ2n) is 3.29. The third-order valence-corrected chi connectivity index (χ3v) is 3.27. The fraction of sp³-hybridized carbons (Fsp3) is 0.364. The first-order chi connectivity index (χ1) is 7.63. The summed E-state index contributed by atoms with van der Waals surface area (Å²) in [5, 5.41) is 11.9. The van der Waals surface area contributed by atoms with E-state index in [4.69, 9.17) is 16.7 Å². The molecule has 0 aromatic heterocycles. The second kappa shape index (κ2) is 6.78. The first-order valence-corrected chi connectivity index (χ1v) is 6.41. The average Bonchev–Trinajstić information content (AvgIpc) is 2.24. The number of halogens is 1. The van der Waals surface area contributed by atoms with Crippen molar-refractivity contribution >= 4 is 35.0 Å². The Morgan fingerprint density at radius 3 is 2.94 bits per heavy atom. The lowest BCUT2D eigenvalue weighted by atomic mass is 10.2. The Kier molecular flexibility index (Phi) is 5.66. The number of thioether (sulfide) groups is 1. The van der Waals surface area contributed by atoms with E-state index in [-0.39, 0.29) is 12.5 Å². The Morgan fingerprint density at radius 2 is 2.31 bits per heavy atom. The van der Waals surface area contributed by atoms with E-state index in [0.29, 0.717) is 22.2 Å². The molecule has 1 aromatic carbocycles. The minimum Gasteiger partial charge on any atom is -0.396 e. The van der Waals surface area contributed by atoms with Crippen LogP contribution in [0.5, 0.6) is 0 Å². The summed E-state index contributed by atoms with van der Waals surface area (Å²) in [5.41, 5.74) is 1.68.